The van der Waals surface area contributed by atoms with E-state index in [1.807, 2.05) is 48.5 Å². The number of hydrogen-bond acceptors (Lipinski definition) is 4. The van der Waals surface area contributed by atoms with E-state index in [-0.39, 0.29) is 11.9 Å². The molecule has 130 valence electrons. The number of nitrogens with one attached hydrogen (secondary N) is 2. The van der Waals surface area contributed by atoms with Crippen LogP contribution in [0.25, 0.3) is 0 Å². The maximum atomic E-state index is 12.5. The zero-order chi connectivity index (χ0) is 17.2. The molecule has 4 rings (SSSR count). The topological polar surface area (TPSA) is 50.4 Å². The summed E-state index contributed by atoms with van der Waals surface area (Å²) in [7, 11) is 1.67. The highest BCUT2D eigenvalue weighted by Gasteiger charge is 2.39. The molecular weight excluding hydrogens is 332 g/mol. The number of ether oxygens (including phenoxy) is 1. The second kappa shape index (κ2) is 7.10. The van der Waals surface area contributed by atoms with Gasteiger partial charge in [-0.2, -0.15) is 0 Å². The van der Waals surface area contributed by atoms with E-state index in [1.54, 1.807) is 18.9 Å². The lowest BCUT2D eigenvalue weighted by molar-refractivity contribution is 0.0931. The van der Waals surface area contributed by atoms with E-state index in [1.165, 1.54) is 12.8 Å². The van der Waals surface area contributed by atoms with Gasteiger partial charge in [0.15, 0.2) is 0 Å². The fourth-order valence-electron chi connectivity index (χ4n) is 3.69. The average Bonchev–Trinajstić information content (AvgIpc) is 3.26. The SMILES string of the molecule is COc1ccc(Sc2ccc(C(=O)N[C@@H]3C[C@H]4CC[C@@H]3N4)cc2)cc1. The van der Waals surface area contributed by atoms with Crippen molar-refractivity contribution >= 4 is 17.7 Å². The van der Waals surface area contributed by atoms with E-state index in [2.05, 4.69) is 10.6 Å². The van der Waals surface area contributed by atoms with Gasteiger partial charge in [-0.05, 0) is 67.8 Å². The summed E-state index contributed by atoms with van der Waals surface area (Å²) in [5.74, 6) is 0.881. The molecule has 0 aromatic heterocycles. The highest BCUT2D eigenvalue weighted by Crippen LogP contribution is 2.30. The zero-order valence-electron chi connectivity index (χ0n) is 14.2. The molecule has 1 amide bonds. The van der Waals surface area contributed by atoms with Crippen molar-refractivity contribution in [3.05, 3.63) is 54.1 Å². The van der Waals surface area contributed by atoms with Gasteiger partial charge in [0.2, 0.25) is 0 Å². The van der Waals surface area contributed by atoms with E-state index in [9.17, 15) is 4.79 Å². The average molecular weight is 354 g/mol. The van der Waals surface area contributed by atoms with E-state index in [4.69, 9.17) is 4.74 Å². The molecule has 2 aromatic carbocycles. The normalized spacial score (nSPS) is 24.3. The molecule has 2 aliphatic heterocycles. The summed E-state index contributed by atoms with van der Waals surface area (Å²) >= 11 is 1.67. The summed E-state index contributed by atoms with van der Waals surface area (Å²) in [5, 5.41) is 6.74. The van der Waals surface area contributed by atoms with Gasteiger partial charge in [0.1, 0.15) is 5.75 Å². The Kier molecular flexibility index (Phi) is 4.68. The second-order valence-corrected chi connectivity index (χ2v) is 7.81. The lowest BCUT2D eigenvalue weighted by Gasteiger charge is -2.21. The van der Waals surface area contributed by atoms with E-state index < -0.39 is 0 Å². The van der Waals surface area contributed by atoms with Crippen molar-refractivity contribution < 1.29 is 9.53 Å². The number of methoxy groups -OCH3 is 1. The van der Waals surface area contributed by atoms with Crippen LogP contribution in [-0.4, -0.2) is 31.1 Å². The maximum absolute atomic E-state index is 12.5. The first-order chi connectivity index (χ1) is 12.2. The second-order valence-electron chi connectivity index (χ2n) is 6.67. The van der Waals surface area contributed by atoms with Gasteiger partial charge in [-0.25, -0.2) is 0 Å². The van der Waals surface area contributed by atoms with Crippen molar-refractivity contribution in [3.8, 4) is 5.75 Å². The molecular formula is C20H22N2O2S. The van der Waals surface area contributed by atoms with Crippen molar-refractivity contribution in [1.29, 1.82) is 0 Å². The third-order valence-corrected chi connectivity index (χ3v) is 6.04. The van der Waals surface area contributed by atoms with Gasteiger partial charge >= 0.3 is 0 Å². The van der Waals surface area contributed by atoms with Crippen molar-refractivity contribution in [2.45, 2.75) is 47.2 Å². The summed E-state index contributed by atoms with van der Waals surface area (Å²) in [6.45, 7) is 0. The monoisotopic (exact) mass is 354 g/mol. The molecule has 2 saturated heterocycles. The predicted octanol–water partition coefficient (Wildman–Crippen LogP) is 3.47. The largest absolute Gasteiger partial charge is 0.497 e. The van der Waals surface area contributed by atoms with Crippen LogP contribution in [0.1, 0.15) is 29.6 Å². The van der Waals surface area contributed by atoms with E-state index >= 15 is 0 Å². The standard InChI is InChI=1S/C20H22N2O2S/c1-24-15-5-9-17(10-6-15)25-16-7-2-13(3-8-16)20(23)22-19-12-14-4-11-18(19)21-14/h2-3,5-10,14,18-19,21H,4,11-12H2,1H3,(H,22,23)/t14-,18+,19-/m1/s1. The predicted molar refractivity (Wildman–Crippen MR) is 99.4 cm³/mol. The van der Waals surface area contributed by atoms with Gasteiger partial charge in [-0.3, -0.25) is 4.79 Å². The van der Waals surface area contributed by atoms with Gasteiger partial charge in [0.05, 0.1) is 7.11 Å². The van der Waals surface area contributed by atoms with Crippen molar-refractivity contribution in [1.82, 2.24) is 10.6 Å². The van der Waals surface area contributed by atoms with Gasteiger partial charge in [0, 0.05) is 33.5 Å². The summed E-state index contributed by atoms with van der Waals surface area (Å²) in [6, 6.07) is 17.1. The van der Waals surface area contributed by atoms with E-state index in [0.717, 1.165) is 27.5 Å². The first-order valence-corrected chi connectivity index (χ1v) is 9.52. The molecule has 0 unspecified atom stereocenters. The lowest BCUT2D eigenvalue weighted by Crippen LogP contribution is -2.42. The molecule has 5 heteroatoms. The molecule has 0 spiro atoms. The fourth-order valence-corrected chi connectivity index (χ4v) is 4.51. The number of carbonyl (C=O) groups is 1. The quantitative estimate of drug-likeness (QED) is 0.863. The van der Waals surface area contributed by atoms with E-state index in [0.29, 0.717) is 12.1 Å². The molecule has 25 heavy (non-hydrogen) atoms. The molecule has 2 aliphatic rings. The van der Waals surface area contributed by atoms with Crippen LogP contribution >= 0.6 is 11.8 Å². The molecule has 0 aliphatic carbocycles. The molecule has 2 bridgehead atoms. The number of rotatable bonds is 5. The van der Waals surface area contributed by atoms with Crippen LogP contribution in [0.5, 0.6) is 5.75 Å². The Bertz CT molecular complexity index is 745. The Hall–Kier alpha value is -1.98. The zero-order valence-corrected chi connectivity index (χ0v) is 15.0. The van der Waals surface area contributed by atoms with Crippen molar-refractivity contribution in [2.75, 3.05) is 7.11 Å². The third-order valence-electron chi connectivity index (χ3n) is 5.03. The van der Waals surface area contributed by atoms with Crippen LogP contribution in [-0.2, 0) is 0 Å². The molecule has 2 heterocycles. The summed E-state index contributed by atoms with van der Waals surface area (Å²) < 4.78 is 5.18. The van der Waals surface area contributed by atoms with Gasteiger partial charge < -0.3 is 15.4 Å². The van der Waals surface area contributed by atoms with Crippen molar-refractivity contribution in [2.24, 2.45) is 0 Å². The molecule has 0 saturated carbocycles. The number of carbonyl (C=O) groups excluding carboxylic acids is 1. The molecule has 2 N–H and O–H groups in total. The Morgan fingerprint density at radius 3 is 2.32 bits per heavy atom. The Morgan fingerprint density at radius 1 is 1.08 bits per heavy atom. The smallest absolute Gasteiger partial charge is 0.251 e. The molecule has 0 radical (unpaired) electrons. The van der Waals surface area contributed by atoms with Crippen LogP contribution in [0.4, 0.5) is 0 Å². The summed E-state index contributed by atoms with van der Waals surface area (Å²) in [4.78, 5) is 14.7. The minimum absolute atomic E-state index is 0.0281. The Labute approximate surface area is 152 Å². The molecule has 4 nitrogen and oxygen atoms in total. The summed E-state index contributed by atoms with van der Waals surface area (Å²) in [6.07, 6.45) is 3.48. The number of fused-ring (bicyclic) bond motifs is 2. The van der Waals surface area contributed by atoms with Gasteiger partial charge in [0.25, 0.3) is 5.91 Å². The van der Waals surface area contributed by atoms with Crippen LogP contribution in [0.2, 0.25) is 0 Å². The third kappa shape index (κ3) is 3.67. The molecule has 2 fully saturated rings. The highest BCUT2D eigenvalue weighted by molar-refractivity contribution is 7.99. The van der Waals surface area contributed by atoms with Crippen LogP contribution in [0.15, 0.2) is 58.3 Å². The highest BCUT2D eigenvalue weighted by atomic mass is 32.2. The van der Waals surface area contributed by atoms with Crippen LogP contribution in [0, 0.1) is 0 Å². The fraction of sp³-hybridized carbons (Fsp3) is 0.350. The Morgan fingerprint density at radius 2 is 1.76 bits per heavy atom. The first kappa shape index (κ1) is 16.5. The van der Waals surface area contributed by atoms with Gasteiger partial charge in [-0.1, -0.05) is 11.8 Å². The lowest BCUT2D eigenvalue weighted by atomic mass is 9.95. The molecule has 3 atom stereocenters. The first-order valence-electron chi connectivity index (χ1n) is 8.70. The summed E-state index contributed by atoms with van der Waals surface area (Å²) in [5.41, 5.74) is 0.724. The van der Waals surface area contributed by atoms with Crippen LogP contribution < -0.4 is 15.4 Å². The number of amides is 1. The Balaban J connectivity index is 1.36. The minimum atomic E-state index is 0.0281. The number of benzene rings is 2. The number of hydrogen-bond donors (Lipinski definition) is 2. The maximum Gasteiger partial charge on any atom is 0.251 e. The van der Waals surface area contributed by atoms with Crippen molar-refractivity contribution in [3.63, 3.8) is 0 Å². The van der Waals surface area contributed by atoms with Crippen LogP contribution in [0.3, 0.4) is 0 Å². The molecule has 2 aromatic rings. The minimum Gasteiger partial charge on any atom is -0.497 e. The van der Waals surface area contributed by atoms with Gasteiger partial charge in [-0.15, -0.1) is 0 Å².